The van der Waals surface area contributed by atoms with E-state index in [1.165, 1.54) is 6.33 Å². The summed E-state index contributed by atoms with van der Waals surface area (Å²) in [6.45, 7) is 8.46. The second-order valence-corrected chi connectivity index (χ2v) is 16.5. The van der Waals surface area contributed by atoms with E-state index >= 15 is 0 Å². The molecule has 62 heavy (non-hydrogen) atoms. The predicted molar refractivity (Wildman–Crippen MR) is 229 cm³/mol. The number of nitrogens with zero attached hydrogens (tertiary/aromatic N) is 9. The summed E-state index contributed by atoms with van der Waals surface area (Å²) in [5.74, 6) is 0.634. The van der Waals surface area contributed by atoms with Crippen molar-refractivity contribution < 1.29 is 24.0 Å². The molecule has 3 aromatic carbocycles. The van der Waals surface area contributed by atoms with Crippen LogP contribution in [0.15, 0.2) is 85.3 Å². The first-order chi connectivity index (χ1) is 30.1. The molecule has 0 spiro atoms. The van der Waals surface area contributed by atoms with E-state index in [4.69, 9.17) is 0 Å². The Bertz CT molecular complexity index is 2530. The maximum absolute atomic E-state index is 13.6. The van der Waals surface area contributed by atoms with Crippen LogP contribution in [0.1, 0.15) is 73.8 Å². The fourth-order valence-electron chi connectivity index (χ4n) is 8.76. The molecule has 0 bridgehead atoms. The molecule has 0 saturated carbocycles. The highest BCUT2D eigenvalue weighted by Gasteiger charge is 2.39. The van der Waals surface area contributed by atoms with E-state index in [2.05, 4.69) is 52.0 Å². The SMILES string of the molecule is C[C@@H](NC(=O)c1cccc(NCc2nnc(-c3ccncn3)n2C)c1)c1cccc(C(=O)N2CC(CN3CCN(c4ccc5c(c4)CN(C4CCC(=O)NC4=O)C5=O)CC3)C2)c1. The molecule has 2 atom stereocenters. The molecule has 318 valence electrons. The Morgan fingerprint density at radius 3 is 2.52 bits per heavy atom. The molecule has 0 radical (unpaired) electrons. The fraction of sp³-hybridized carbons (Fsp3) is 0.356. The molecule has 3 N–H and O–H groups in total. The average Bonchev–Trinajstić information content (AvgIpc) is 3.81. The standard InChI is InChI=1S/C45H48N12O5/c1-28(49-42(59)31-6-4-8-34(20-31)47-22-39-51-52-41(53(39)2)37-13-14-46-27-48-37)30-5-3-7-32(19-30)44(61)56-24-29(25-56)23-54-15-17-55(18-16-54)35-9-10-36-33(21-35)26-57(45(36)62)38-11-12-40(58)50-43(38)60/h3-10,13-14,19-21,27-29,38,47H,11-12,15-18,22-26H2,1-2H3,(H,49,59)(H,50,58,60)/t28-,38?/m1/s1. The van der Waals surface area contributed by atoms with E-state index in [1.54, 1.807) is 29.3 Å². The number of hydrogen-bond donors (Lipinski definition) is 3. The number of aromatic nitrogens is 5. The van der Waals surface area contributed by atoms with Crippen LogP contribution in [0.25, 0.3) is 11.5 Å². The van der Waals surface area contributed by atoms with Crippen molar-refractivity contribution in [2.45, 2.75) is 44.9 Å². The largest absolute Gasteiger partial charge is 0.378 e. The normalized spacial score (nSPS) is 18.6. The first-order valence-corrected chi connectivity index (χ1v) is 21.0. The number of amides is 5. The van der Waals surface area contributed by atoms with Gasteiger partial charge in [-0.2, -0.15) is 0 Å². The van der Waals surface area contributed by atoms with Crippen LogP contribution in [-0.2, 0) is 29.7 Å². The number of benzene rings is 3. The van der Waals surface area contributed by atoms with Gasteiger partial charge in [-0.1, -0.05) is 18.2 Å². The second kappa shape index (κ2) is 17.2. The molecule has 17 nitrogen and oxygen atoms in total. The number of rotatable bonds is 12. The van der Waals surface area contributed by atoms with Crippen LogP contribution in [0.4, 0.5) is 11.4 Å². The number of likely N-dealkylation sites (tertiary alicyclic amines) is 1. The van der Waals surface area contributed by atoms with Gasteiger partial charge in [-0.15, -0.1) is 10.2 Å². The molecule has 3 fully saturated rings. The van der Waals surface area contributed by atoms with Crippen LogP contribution >= 0.6 is 0 Å². The number of piperidine rings is 1. The van der Waals surface area contributed by atoms with Crippen molar-refractivity contribution in [3.05, 3.63) is 119 Å². The minimum absolute atomic E-state index is 0.0106. The summed E-state index contributed by atoms with van der Waals surface area (Å²) >= 11 is 0. The highest BCUT2D eigenvalue weighted by Crippen LogP contribution is 2.31. The van der Waals surface area contributed by atoms with Gasteiger partial charge in [0, 0.05) is 106 Å². The number of carbonyl (C=O) groups is 5. The van der Waals surface area contributed by atoms with Gasteiger partial charge >= 0.3 is 0 Å². The summed E-state index contributed by atoms with van der Waals surface area (Å²) in [4.78, 5) is 80.6. The lowest BCUT2D eigenvalue weighted by molar-refractivity contribution is -0.136. The van der Waals surface area contributed by atoms with Gasteiger partial charge in [0.15, 0.2) is 11.6 Å². The third-order valence-electron chi connectivity index (χ3n) is 12.3. The van der Waals surface area contributed by atoms with E-state index in [9.17, 15) is 24.0 Å². The molecule has 5 aromatic rings. The van der Waals surface area contributed by atoms with Crippen molar-refractivity contribution in [3.63, 3.8) is 0 Å². The lowest BCUT2D eigenvalue weighted by Gasteiger charge is -2.44. The Balaban J connectivity index is 0.722. The van der Waals surface area contributed by atoms with Crippen LogP contribution in [-0.4, -0.2) is 121 Å². The van der Waals surface area contributed by atoms with E-state index < -0.39 is 11.9 Å². The van der Waals surface area contributed by atoms with Crippen molar-refractivity contribution in [1.29, 1.82) is 0 Å². The summed E-state index contributed by atoms with van der Waals surface area (Å²) in [5.41, 5.74) is 5.97. The quantitative estimate of drug-likeness (QED) is 0.156. The molecule has 3 saturated heterocycles. The minimum Gasteiger partial charge on any atom is -0.378 e. The first kappa shape index (κ1) is 40.4. The molecule has 4 aliphatic rings. The number of hydrogen-bond acceptors (Lipinski definition) is 12. The molecule has 6 heterocycles. The molecule has 2 aromatic heterocycles. The number of carbonyl (C=O) groups excluding carboxylic acids is 5. The Morgan fingerprint density at radius 1 is 0.919 bits per heavy atom. The van der Waals surface area contributed by atoms with Crippen LogP contribution in [0.5, 0.6) is 0 Å². The van der Waals surface area contributed by atoms with Crippen LogP contribution in [0.3, 0.4) is 0 Å². The maximum Gasteiger partial charge on any atom is 0.255 e. The third-order valence-corrected chi connectivity index (χ3v) is 12.3. The lowest BCUT2D eigenvalue weighted by atomic mass is 9.96. The Kier molecular flexibility index (Phi) is 11.2. The number of imide groups is 1. The van der Waals surface area contributed by atoms with Crippen molar-refractivity contribution in [3.8, 4) is 11.5 Å². The molecular weight excluding hydrogens is 789 g/mol. The van der Waals surface area contributed by atoms with Crippen LogP contribution < -0.4 is 20.9 Å². The number of nitrogens with one attached hydrogen (secondary N) is 3. The van der Waals surface area contributed by atoms with Gasteiger partial charge in [0.1, 0.15) is 18.1 Å². The lowest BCUT2D eigenvalue weighted by Crippen LogP contribution is -2.56. The van der Waals surface area contributed by atoms with Crippen molar-refractivity contribution >= 4 is 40.9 Å². The van der Waals surface area contributed by atoms with E-state index in [0.29, 0.717) is 72.6 Å². The molecule has 0 aliphatic carbocycles. The first-order valence-electron chi connectivity index (χ1n) is 21.0. The average molecular weight is 837 g/mol. The summed E-state index contributed by atoms with van der Waals surface area (Å²) < 4.78 is 1.86. The fourth-order valence-corrected chi connectivity index (χ4v) is 8.76. The highest BCUT2D eigenvalue weighted by molar-refractivity contribution is 6.05. The maximum atomic E-state index is 13.6. The van der Waals surface area contributed by atoms with E-state index in [1.807, 2.05) is 72.0 Å². The van der Waals surface area contributed by atoms with Gasteiger partial charge < -0.3 is 29.9 Å². The smallest absolute Gasteiger partial charge is 0.255 e. The number of anilines is 2. The number of fused-ring (bicyclic) bond motifs is 1. The summed E-state index contributed by atoms with van der Waals surface area (Å²) in [5, 5.41) is 17.3. The predicted octanol–water partition coefficient (Wildman–Crippen LogP) is 3.03. The van der Waals surface area contributed by atoms with Gasteiger partial charge in [-0.25, -0.2) is 9.97 Å². The summed E-state index contributed by atoms with van der Waals surface area (Å²) in [6, 6.07) is 21.5. The topological polar surface area (TPSA) is 191 Å². The molecule has 5 amide bonds. The van der Waals surface area contributed by atoms with Gasteiger partial charge in [0.05, 0.1) is 12.6 Å². The zero-order valence-electron chi connectivity index (χ0n) is 34.7. The monoisotopic (exact) mass is 836 g/mol. The van der Waals surface area contributed by atoms with E-state index in [0.717, 1.165) is 55.2 Å². The Labute approximate surface area is 358 Å². The third kappa shape index (κ3) is 8.35. The van der Waals surface area contributed by atoms with Crippen LogP contribution in [0.2, 0.25) is 0 Å². The summed E-state index contributed by atoms with van der Waals surface area (Å²) in [6.07, 6.45) is 3.71. The summed E-state index contributed by atoms with van der Waals surface area (Å²) in [7, 11) is 1.88. The van der Waals surface area contributed by atoms with Crippen molar-refractivity contribution in [1.82, 2.24) is 50.1 Å². The number of piperazine rings is 1. The highest BCUT2D eigenvalue weighted by atomic mass is 16.2. The van der Waals surface area contributed by atoms with Gasteiger partial charge in [-0.05, 0) is 79.1 Å². The molecule has 1 unspecified atom stereocenters. The Hall–Kier alpha value is -7.01. The molecule has 17 heteroatoms. The molecule has 9 rings (SSSR count). The van der Waals surface area contributed by atoms with Crippen molar-refractivity contribution in [2.24, 2.45) is 13.0 Å². The molecule has 4 aliphatic heterocycles. The minimum atomic E-state index is -0.624. The van der Waals surface area contributed by atoms with Gasteiger partial charge in [0.2, 0.25) is 11.8 Å². The zero-order chi connectivity index (χ0) is 42.9. The van der Waals surface area contributed by atoms with Crippen LogP contribution in [0, 0.1) is 5.92 Å². The second-order valence-electron chi connectivity index (χ2n) is 16.5. The Morgan fingerprint density at radius 2 is 1.73 bits per heavy atom. The van der Waals surface area contributed by atoms with Crippen molar-refractivity contribution in [2.75, 3.05) is 56.0 Å². The van der Waals surface area contributed by atoms with Gasteiger partial charge in [-0.3, -0.25) is 34.2 Å². The zero-order valence-corrected chi connectivity index (χ0v) is 34.7. The van der Waals surface area contributed by atoms with Gasteiger partial charge in [0.25, 0.3) is 17.7 Å². The molecular formula is C45H48N12O5. The van der Waals surface area contributed by atoms with E-state index in [-0.39, 0.29) is 36.1 Å².